The highest BCUT2D eigenvalue weighted by atomic mass is 32.2. The van der Waals surface area contributed by atoms with Crippen molar-refractivity contribution >= 4 is 21.6 Å². The van der Waals surface area contributed by atoms with Crippen LogP contribution in [-0.4, -0.2) is 20.6 Å². The van der Waals surface area contributed by atoms with Gasteiger partial charge in [0, 0.05) is 5.92 Å². The van der Waals surface area contributed by atoms with Crippen molar-refractivity contribution in [3.05, 3.63) is 29.8 Å². The van der Waals surface area contributed by atoms with Crippen LogP contribution in [0.2, 0.25) is 0 Å². The van der Waals surface area contributed by atoms with Crippen molar-refractivity contribution in [2.24, 2.45) is 17.8 Å². The molecule has 0 saturated heterocycles. The van der Waals surface area contributed by atoms with E-state index in [0.29, 0.717) is 11.6 Å². The van der Waals surface area contributed by atoms with Crippen LogP contribution in [0.1, 0.15) is 44.2 Å². The van der Waals surface area contributed by atoms with Gasteiger partial charge in [-0.15, -0.1) is 0 Å². The SMILES string of the molecule is C[C@@H](NC(=O)[C@@H]1C[C@H]2CC[C@H]1C2)c1ccccc1NS(C)(=O)=O. The summed E-state index contributed by atoms with van der Waals surface area (Å²) in [5, 5.41) is 3.08. The fourth-order valence-corrected chi connectivity index (χ4v) is 4.72. The topological polar surface area (TPSA) is 75.3 Å². The molecule has 1 amide bonds. The summed E-state index contributed by atoms with van der Waals surface area (Å²) in [6.45, 7) is 1.90. The molecule has 2 saturated carbocycles. The standard InChI is InChI=1S/C17H24N2O3S/c1-11(14-5-3-4-6-16(14)19-23(2,21)22)18-17(20)15-10-12-7-8-13(15)9-12/h3-6,11-13,15,19H,7-10H2,1-2H3,(H,18,20)/t11-,12+,13+,15-/m1/s1. The minimum atomic E-state index is -3.35. The average Bonchev–Trinajstić information content (AvgIpc) is 3.08. The Balaban J connectivity index is 1.71. The number of hydrogen-bond acceptors (Lipinski definition) is 3. The van der Waals surface area contributed by atoms with Crippen molar-refractivity contribution in [3.8, 4) is 0 Å². The molecule has 2 aliphatic carbocycles. The lowest BCUT2D eigenvalue weighted by Crippen LogP contribution is -2.35. The number of anilines is 1. The van der Waals surface area contributed by atoms with Gasteiger partial charge in [0.15, 0.2) is 0 Å². The highest BCUT2D eigenvalue weighted by molar-refractivity contribution is 7.92. The van der Waals surface area contributed by atoms with Crippen LogP contribution in [0, 0.1) is 17.8 Å². The van der Waals surface area contributed by atoms with Crippen LogP contribution >= 0.6 is 0 Å². The summed E-state index contributed by atoms with van der Waals surface area (Å²) >= 11 is 0. The zero-order chi connectivity index (χ0) is 16.6. The number of rotatable bonds is 5. The predicted molar refractivity (Wildman–Crippen MR) is 90.4 cm³/mol. The molecule has 0 heterocycles. The fourth-order valence-electron chi connectivity index (χ4n) is 4.13. The Morgan fingerprint density at radius 1 is 1.22 bits per heavy atom. The van der Waals surface area contributed by atoms with E-state index < -0.39 is 10.0 Å². The van der Waals surface area contributed by atoms with Gasteiger partial charge in [0.05, 0.1) is 18.0 Å². The molecule has 2 fully saturated rings. The molecule has 0 spiro atoms. The minimum Gasteiger partial charge on any atom is -0.349 e. The second-order valence-electron chi connectivity index (χ2n) is 6.97. The van der Waals surface area contributed by atoms with Gasteiger partial charge in [-0.3, -0.25) is 9.52 Å². The lowest BCUT2D eigenvalue weighted by Gasteiger charge is -2.24. The van der Waals surface area contributed by atoms with Crippen molar-refractivity contribution in [2.45, 2.75) is 38.6 Å². The van der Waals surface area contributed by atoms with E-state index in [0.717, 1.165) is 24.2 Å². The Morgan fingerprint density at radius 2 is 1.96 bits per heavy atom. The van der Waals surface area contributed by atoms with Crippen molar-refractivity contribution in [1.82, 2.24) is 5.32 Å². The summed E-state index contributed by atoms with van der Waals surface area (Å²) in [7, 11) is -3.35. The van der Waals surface area contributed by atoms with Crippen molar-refractivity contribution in [1.29, 1.82) is 0 Å². The Morgan fingerprint density at radius 3 is 2.57 bits per heavy atom. The molecule has 1 aromatic carbocycles. The molecule has 23 heavy (non-hydrogen) atoms. The predicted octanol–water partition coefficient (Wildman–Crippen LogP) is 2.67. The van der Waals surface area contributed by atoms with Crippen LogP contribution < -0.4 is 10.0 Å². The molecule has 2 bridgehead atoms. The van der Waals surface area contributed by atoms with Gasteiger partial charge in [0.25, 0.3) is 0 Å². The molecule has 126 valence electrons. The third kappa shape index (κ3) is 3.68. The van der Waals surface area contributed by atoms with E-state index in [1.165, 1.54) is 19.3 Å². The summed E-state index contributed by atoms with van der Waals surface area (Å²) < 4.78 is 25.5. The van der Waals surface area contributed by atoms with E-state index in [2.05, 4.69) is 10.0 Å². The number of nitrogens with one attached hydrogen (secondary N) is 2. The van der Waals surface area contributed by atoms with Crippen molar-refractivity contribution in [3.63, 3.8) is 0 Å². The summed E-state index contributed by atoms with van der Waals surface area (Å²) in [6.07, 6.45) is 5.77. The molecule has 0 aliphatic heterocycles. The number of benzene rings is 1. The third-order valence-corrected chi connectivity index (χ3v) is 5.75. The largest absolute Gasteiger partial charge is 0.349 e. The third-order valence-electron chi connectivity index (χ3n) is 5.16. The molecule has 1 aromatic rings. The van der Waals surface area contributed by atoms with Gasteiger partial charge in [-0.25, -0.2) is 8.42 Å². The number of carbonyl (C=O) groups excluding carboxylic acids is 1. The molecular formula is C17H24N2O3S. The molecule has 2 N–H and O–H groups in total. The second kappa shape index (κ2) is 6.15. The van der Waals surface area contributed by atoms with Crippen molar-refractivity contribution < 1.29 is 13.2 Å². The zero-order valence-corrected chi connectivity index (χ0v) is 14.4. The Bertz CT molecular complexity index is 702. The van der Waals surface area contributed by atoms with Crippen LogP contribution in [0.15, 0.2) is 24.3 Å². The first-order chi connectivity index (χ1) is 10.8. The van der Waals surface area contributed by atoms with Crippen LogP contribution in [-0.2, 0) is 14.8 Å². The van der Waals surface area contributed by atoms with E-state index in [9.17, 15) is 13.2 Å². The number of para-hydroxylation sites is 1. The van der Waals surface area contributed by atoms with E-state index >= 15 is 0 Å². The first-order valence-corrected chi connectivity index (χ1v) is 10.1. The molecular weight excluding hydrogens is 312 g/mol. The maximum absolute atomic E-state index is 12.6. The summed E-state index contributed by atoms with van der Waals surface area (Å²) in [6, 6.07) is 6.97. The van der Waals surface area contributed by atoms with E-state index in [-0.39, 0.29) is 17.9 Å². The Labute approximate surface area is 137 Å². The van der Waals surface area contributed by atoms with Gasteiger partial charge in [-0.05, 0) is 49.7 Å². The Kier molecular flexibility index (Phi) is 4.36. The maximum atomic E-state index is 12.6. The lowest BCUT2D eigenvalue weighted by atomic mass is 9.88. The summed E-state index contributed by atoms with van der Waals surface area (Å²) in [5.41, 5.74) is 1.31. The summed E-state index contributed by atoms with van der Waals surface area (Å²) in [5.74, 6) is 1.51. The molecule has 2 aliphatic rings. The molecule has 0 unspecified atom stereocenters. The molecule has 3 rings (SSSR count). The molecule has 0 radical (unpaired) electrons. The van der Waals surface area contributed by atoms with Gasteiger partial charge in [0.1, 0.15) is 0 Å². The number of amides is 1. The van der Waals surface area contributed by atoms with Gasteiger partial charge < -0.3 is 5.32 Å². The summed E-state index contributed by atoms with van der Waals surface area (Å²) in [4.78, 5) is 12.6. The van der Waals surface area contributed by atoms with E-state index in [1.807, 2.05) is 19.1 Å². The first kappa shape index (κ1) is 16.3. The Hall–Kier alpha value is -1.56. The van der Waals surface area contributed by atoms with E-state index in [4.69, 9.17) is 0 Å². The zero-order valence-electron chi connectivity index (χ0n) is 13.6. The normalized spacial score (nSPS) is 27.7. The fraction of sp³-hybridized carbons (Fsp3) is 0.588. The minimum absolute atomic E-state index is 0.110. The smallest absolute Gasteiger partial charge is 0.229 e. The highest BCUT2D eigenvalue weighted by Gasteiger charge is 2.43. The molecule has 6 heteroatoms. The number of sulfonamides is 1. The first-order valence-electron chi connectivity index (χ1n) is 8.20. The number of carbonyl (C=O) groups is 1. The second-order valence-corrected chi connectivity index (χ2v) is 8.72. The van der Waals surface area contributed by atoms with Crippen LogP contribution in [0.3, 0.4) is 0 Å². The van der Waals surface area contributed by atoms with Gasteiger partial charge >= 0.3 is 0 Å². The molecule has 4 atom stereocenters. The van der Waals surface area contributed by atoms with E-state index in [1.54, 1.807) is 12.1 Å². The lowest BCUT2D eigenvalue weighted by molar-refractivity contribution is -0.127. The monoisotopic (exact) mass is 336 g/mol. The molecule has 0 aromatic heterocycles. The number of fused-ring (bicyclic) bond motifs is 2. The van der Waals surface area contributed by atoms with Gasteiger partial charge in [-0.1, -0.05) is 24.6 Å². The van der Waals surface area contributed by atoms with Crippen molar-refractivity contribution in [2.75, 3.05) is 11.0 Å². The average molecular weight is 336 g/mol. The maximum Gasteiger partial charge on any atom is 0.229 e. The highest BCUT2D eigenvalue weighted by Crippen LogP contribution is 2.48. The number of hydrogen-bond donors (Lipinski definition) is 2. The van der Waals surface area contributed by atoms with Crippen LogP contribution in [0.25, 0.3) is 0 Å². The van der Waals surface area contributed by atoms with Crippen LogP contribution in [0.5, 0.6) is 0 Å². The van der Waals surface area contributed by atoms with Gasteiger partial charge in [0.2, 0.25) is 15.9 Å². The van der Waals surface area contributed by atoms with Crippen LogP contribution in [0.4, 0.5) is 5.69 Å². The van der Waals surface area contributed by atoms with Gasteiger partial charge in [-0.2, -0.15) is 0 Å². The quantitative estimate of drug-likeness (QED) is 0.868. The molecule has 5 nitrogen and oxygen atoms in total.